The minimum Gasteiger partial charge on any atom is -0.481 e. The van der Waals surface area contributed by atoms with Crippen molar-refractivity contribution in [1.82, 2.24) is 0 Å². The Morgan fingerprint density at radius 2 is 1.90 bits per heavy atom. The van der Waals surface area contributed by atoms with E-state index in [-0.39, 0.29) is 23.3 Å². The summed E-state index contributed by atoms with van der Waals surface area (Å²) in [6, 6.07) is 7.10. The van der Waals surface area contributed by atoms with E-state index < -0.39 is 23.8 Å². The van der Waals surface area contributed by atoms with E-state index >= 15 is 0 Å². The smallest absolute Gasteiger partial charge is 0.341 e. The molecule has 0 spiro atoms. The van der Waals surface area contributed by atoms with E-state index in [2.05, 4.69) is 5.32 Å². The monoisotopic (exact) mass is 445 g/mol. The molecule has 4 rings (SSSR count). The number of hydrogen-bond acceptors (Lipinski definition) is 5. The standard InChI is InChI=1S/C22H20ClNO5S/c1-10-15(11-4-3-5-14(23)9-11)18(22(28)29-2)20(30-10)24-19(25)16-12-6-7-13(8-12)17(16)21(26)27/h3-7,9,12-13,16-17H,8H2,1-2H3,(H,24,25)(H,26,27)/t12-,13-,16+,17-/m0/s1. The number of aliphatic carboxylic acids is 1. The molecule has 2 bridgehead atoms. The van der Waals surface area contributed by atoms with Gasteiger partial charge in [0.2, 0.25) is 5.91 Å². The Bertz CT molecular complexity index is 1080. The molecule has 30 heavy (non-hydrogen) atoms. The molecular formula is C22H20ClNO5S. The maximum Gasteiger partial charge on any atom is 0.341 e. The number of anilines is 1. The van der Waals surface area contributed by atoms with Crippen LogP contribution in [-0.4, -0.2) is 30.1 Å². The molecule has 1 amide bonds. The van der Waals surface area contributed by atoms with Crippen molar-refractivity contribution in [2.75, 3.05) is 12.4 Å². The maximum absolute atomic E-state index is 13.1. The number of amides is 1. The van der Waals surface area contributed by atoms with Gasteiger partial charge in [-0.05, 0) is 42.9 Å². The molecule has 156 valence electrons. The highest BCUT2D eigenvalue weighted by atomic mass is 35.5. The molecule has 8 heteroatoms. The van der Waals surface area contributed by atoms with Gasteiger partial charge in [-0.1, -0.05) is 35.9 Å². The molecule has 1 fully saturated rings. The van der Waals surface area contributed by atoms with Crippen molar-refractivity contribution in [3.8, 4) is 11.1 Å². The first-order valence-electron chi connectivity index (χ1n) is 9.51. The fourth-order valence-corrected chi connectivity index (χ4v) is 5.89. The largest absolute Gasteiger partial charge is 0.481 e. The molecule has 0 radical (unpaired) electrons. The van der Waals surface area contributed by atoms with Crippen LogP contribution in [0.25, 0.3) is 11.1 Å². The van der Waals surface area contributed by atoms with Crippen LogP contribution < -0.4 is 5.32 Å². The lowest BCUT2D eigenvalue weighted by Gasteiger charge is -2.23. The highest BCUT2D eigenvalue weighted by Crippen LogP contribution is 2.49. The highest BCUT2D eigenvalue weighted by Gasteiger charge is 2.51. The molecular weight excluding hydrogens is 426 g/mol. The van der Waals surface area contributed by atoms with Gasteiger partial charge in [-0.15, -0.1) is 11.3 Å². The molecule has 0 unspecified atom stereocenters. The fourth-order valence-electron chi connectivity index (χ4n) is 4.63. The molecule has 1 aromatic heterocycles. The van der Waals surface area contributed by atoms with Gasteiger partial charge in [0, 0.05) is 15.5 Å². The maximum atomic E-state index is 13.1. The number of fused-ring (bicyclic) bond motifs is 2. The summed E-state index contributed by atoms with van der Waals surface area (Å²) in [6.45, 7) is 1.85. The Kier molecular flexibility index (Phi) is 5.42. The molecule has 4 atom stereocenters. The number of nitrogens with one attached hydrogen (secondary N) is 1. The number of rotatable bonds is 5. The minimum atomic E-state index is -0.970. The lowest BCUT2D eigenvalue weighted by molar-refractivity contribution is -0.146. The molecule has 2 aromatic rings. The van der Waals surface area contributed by atoms with Gasteiger partial charge < -0.3 is 15.2 Å². The topological polar surface area (TPSA) is 92.7 Å². The molecule has 2 N–H and O–H groups in total. The second-order valence-corrected chi connectivity index (χ2v) is 9.23. The average Bonchev–Trinajstić information content (AvgIpc) is 3.40. The summed E-state index contributed by atoms with van der Waals surface area (Å²) in [5, 5.41) is 13.3. The number of halogens is 1. The number of aryl methyl sites for hydroxylation is 1. The van der Waals surface area contributed by atoms with Crippen molar-refractivity contribution >= 4 is 45.8 Å². The average molecular weight is 446 g/mol. The van der Waals surface area contributed by atoms with Crippen LogP contribution >= 0.6 is 22.9 Å². The number of thiophene rings is 1. The summed E-state index contributed by atoms with van der Waals surface area (Å²) >= 11 is 7.39. The van der Waals surface area contributed by atoms with E-state index in [9.17, 15) is 19.5 Å². The lowest BCUT2D eigenvalue weighted by Crippen LogP contribution is -2.36. The van der Waals surface area contributed by atoms with Crippen molar-refractivity contribution in [2.24, 2.45) is 23.7 Å². The molecule has 0 aliphatic heterocycles. The summed E-state index contributed by atoms with van der Waals surface area (Å²) in [5.41, 5.74) is 1.64. The molecule has 2 aliphatic carbocycles. The number of carbonyl (C=O) groups excluding carboxylic acids is 2. The Morgan fingerprint density at radius 1 is 1.20 bits per heavy atom. The van der Waals surface area contributed by atoms with Crippen LogP contribution in [0.15, 0.2) is 36.4 Å². The number of hydrogen-bond donors (Lipinski definition) is 2. The van der Waals surface area contributed by atoms with Crippen LogP contribution in [-0.2, 0) is 14.3 Å². The van der Waals surface area contributed by atoms with Crippen molar-refractivity contribution < 1.29 is 24.2 Å². The van der Waals surface area contributed by atoms with Crippen LogP contribution in [0.1, 0.15) is 21.7 Å². The summed E-state index contributed by atoms with van der Waals surface area (Å²) < 4.78 is 4.98. The van der Waals surface area contributed by atoms with Crippen molar-refractivity contribution in [1.29, 1.82) is 0 Å². The fraction of sp³-hybridized carbons (Fsp3) is 0.318. The Labute approximate surface area is 182 Å². The minimum absolute atomic E-state index is 0.105. The van der Waals surface area contributed by atoms with E-state index in [0.717, 1.165) is 10.4 Å². The normalized spacial score (nSPS) is 24.1. The van der Waals surface area contributed by atoms with Crippen LogP contribution in [0.3, 0.4) is 0 Å². The first kappa shape index (κ1) is 20.6. The molecule has 6 nitrogen and oxygen atoms in total. The van der Waals surface area contributed by atoms with Gasteiger partial charge in [-0.2, -0.15) is 0 Å². The quantitative estimate of drug-likeness (QED) is 0.517. The number of carboxylic acids is 1. The number of carbonyl (C=O) groups is 3. The third-order valence-corrected chi connectivity index (χ3v) is 7.13. The first-order valence-corrected chi connectivity index (χ1v) is 10.7. The summed E-state index contributed by atoms with van der Waals surface area (Å²) in [5.74, 6) is -3.59. The van der Waals surface area contributed by atoms with Gasteiger partial charge in [0.1, 0.15) is 10.6 Å². The molecule has 1 saturated carbocycles. The predicted octanol–water partition coefficient (Wildman–Crippen LogP) is 4.62. The van der Waals surface area contributed by atoms with E-state index in [4.69, 9.17) is 16.3 Å². The highest BCUT2D eigenvalue weighted by molar-refractivity contribution is 7.17. The third-order valence-electron chi connectivity index (χ3n) is 5.87. The van der Waals surface area contributed by atoms with Crippen molar-refractivity contribution in [3.63, 3.8) is 0 Å². The van der Waals surface area contributed by atoms with E-state index in [1.807, 2.05) is 25.1 Å². The number of carboxylic acid groups (broad SMARTS) is 1. The van der Waals surface area contributed by atoms with Crippen molar-refractivity contribution in [3.05, 3.63) is 51.9 Å². The first-order chi connectivity index (χ1) is 14.3. The Morgan fingerprint density at radius 3 is 2.53 bits per heavy atom. The predicted molar refractivity (Wildman–Crippen MR) is 115 cm³/mol. The van der Waals surface area contributed by atoms with E-state index in [1.54, 1.807) is 18.2 Å². The van der Waals surface area contributed by atoms with Crippen LogP contribution in [0.2, 0.25) is 5.02 Å². The number of methoxy groups -OCH3 is 1. The van der Waals surface area contributed by atoms with Crippen LogP contribution in [0.4, 0.5) is 5.00 Å². The SMILES string of the molecule is COC(=O)c1c(NC(=O)[C@H]2[C@@H](C(=O)O)[C@H]3C=C[C@H]2C3)sc(C)c1-c1cccc(Cl)c1. The molecule has 0 saturated heterocycles. The van der Waals surface area contributed by atoms with Crippen LogP contribution in [0.5, 0.6) is 0 Å². The summed E-state index contributed by atoms with van der Waals surface area (Å²) in [7, 11) is 1.28. The zero-order chi connectivity index (χ0) is 21.6. The Hall–Kier alpha value is -2.64. The van der Waals surface area contributed by atoms with Gasteiger partial charge in [0.05, 0.1) is 18.9 Å². The third kappa shape index (κ3) is 3.42. The molecule has 2 aliphatic rings. The number of benzene rings is 1. The van der Waals surface area contributed by atoms with Gasteiger partial charge >= 0.3 is 11.9 Å². The lowest BCUT2D eigenvalue weighted by atomic mass is 9.82. The summed E-state index contributed by atoms with van der Waals surface area (Å²) in [6.07, 6.45) is 4.47. The van der Waals surface area contributed by atoms with E-state index in [1.165, 1.54) is 18.4 Å². The molecule has 1 heterocycles. The van der Waals surface area contributed by atoms with Gasteiger partial charge in [-0.3, -0.25) is 9.59 Å². The summed E-state index contributed by atoms with van der Waals surface area (Å²) in [4.78, 5) is 38.3. The number of esters is 1. The second-order valence-electron chi connectivity index (χ2n) is 7.57. The number of allylic oxidation sites excluding steroid dienone is 2. The van der Waals surface area contributed by atoms with Crippen molar-refractivity contribution in [2.45, 2.75) is 13.3 Å². The van der Waals surface area contributed by atoms with Crippen LogP contribution in [0, 0.1) is 30.6 Å². The Balaban J connectivity index is 1.72. The van der Waals surface area contributed by atoms with Gasteiger partial charge in [0.15, 0.2) is 0 Å². The zero-order valence-corrected chi connectivity index (χ0v) is 17.9. The van der Waals surface area contributed by atoms with Gasteiger partial charge in [0.25, 0.3) is 0 Å². The second kappa shape index (κ2) is 7.89. The molecule has 1 aromatic carbocycles. The zero-order valence-electron chi connectivity index (χ0n) is 16.3. The number of ether oxygens (including phenoxy) is 1. The van der Waals surface area contributed by atoms with E-state index in [0.29, 0.717) is 22.0 Å². The van der Waals surface area contributed by atoms with Gasteiger partial charge in [-0.25, -0.2) is 4.79 Å².